The van der Waals surface area contributed by atoms with Crippen LogP contribution < -0.4 is 15.5 Å². The summed E-state index contributed by atoms with van der Waals surface area (Å²) in [7, 11) is 0. The van der Waals surface area contributed by atoms with Crippen LogP contribution in [0.1, 0.15) is 61.9 Å². The van der Waals surface area contributed by atoms with E-state index in [9.17, 15) is 4.79 Å². The number of hydrogen-bond donors (Lipinski definition) is 2. The van der Waals surface area contributed by atoms with Crippen molar-refractivity contribution in [3.8, 4) is 0 Å². The third-order valence-corrected chi connectivity index (χ3v) is 5.01. The van der Waals surface area contributed by atoms with E-state index in [-0.39, 0.29) is 5.91 Å². The molecule has 2 N–H and O–H groups in total. The van der Waals surface area contributed by atoms with Crippen molar-refractivity contribution in [3.63, 3.8) is 0 Å². The van der Waals surface area contributed by atoms with Gasteiger partial charge in [0.1, 0.15) is 0 Å². The second-order valence-electron chi connectivity index (χ2n) is 6.87. The van der Waals surface area contributed by atoms with E-state index in [1.54, 1.807) is 6.07 Å². The van der Waals surface area contributed by atoms with Crippen LogP contribution in [0.4, 0.5) is 5.82 Å². The summed E-state index contributed by atoms with van der Waals surface area (Å²) in [6.07, 6.45) is 10.3. The number of anilines is 1. The van der Waals surface area contributed by atoms with Crippen molar-refractivity contribution in [1.82, 2.24) is 20.8 Å². The molecular formula is C18H29N5O. The highest BCUT2D eigenvalue weighted by atomic mass is 16.1. The number of nitrogens with one attached hydrogen (secondary N) is 2. The van der Waals surface area contributed by atoms with Crippen molar-refractivity contribution in [2.45, 2.75) is 57.4 Å². The molecule has 1 aromatic heterocycles. The third kappa shape index (κ3) is 4.90. The maximum absolute atomic E-state index is 12.1. The van der Waals surface area contributed by atoms with E-state index in [4.69, 9.17) is 0 Å². The lowest BCUT2D eigenvalue weighted by atomic mass is 10.1. The Bertz CT molecular complexity index is 505. The summed E-state index contributed by atoms with van der Waals surface area (Å²) in [5.41, 5.74) is 0.396. The molecule has 0 atom stereocenters. The molecule has 0 unspecified atom stereocenters. The van der Waals surface area contributed by atoms with E-state index < -0.39 is 0 Å². The maximum Gasteiger partial charge on any atom is 0.271 e. The molecule has 24 heavy (non-hydrogen) atoms. The molecule has 1 amide bonds. The van der Waals surface area contributed by atoms with Gasteiger partial charge in [-0.2, -0.15) is 0 Å². The molecule has 6 heteroatoms. The van der Waals surface area contributed by atoms with Crippen LogP contribution in [0.2, 0.25) is 0 Å². The Balaban J connectivity index is 1.38. The van der Waals surface area contributed by atoms with E-state index in [2.05, 4.69) is 25.7 Å². The first-order valence-electron chi connectivity index (χ1n) is 9.43. The second kappa shape index (κ2) is 8.97. The molecule has 0 spiro atoms. The Labute approximate surface area is 144 Å². The van der Waals surface area contributed by atoms with E-state index >= 15 is 0 Å². The lowest BCUT2D eigenvalue weighted by molar-refractivity contribution is 0.0947. The largest absolute Gasteiger partial charge is 0.355 e. The molecular weight excluding hydrogens is 302 g/mol. The quantitative estimate of drug-likeness (QED) is 0.617. The Kier molecular flexibility index (Phi) is 6.41. The lowest BCUT2D eigenvalue weighted by Crippen LogP contribution is -2.37. The van der Waals surface area contributed by atoms with Gasteiger partial charge in [-0.15, -0.1) is 10.2 Å². The lowest BCUT2D eigenvalue weighted by Gasteiger charge is -2.16. The summed E-state index contributed by atoms with van der Waals surface area (Å²) in [5, 5.41) is 14.8. The molecule has 1 aliphatic carbocycles. The first kappa shape index (κ1) is 17.1. The topological polar surface area (TPSA) is 70.2 Å². The van der Waals surface area contributed by atoms with Gasteiger partial charge in [-0.25, -0.2) is 0 Å². The molecule has 1 saturated carbocycles. The molecule has 0 aromatic carbocycles. The minimum Gasteiger partial charge on any atom is -0.355 e. The third-order valence-electron chi connectivity index (χ3n) is 5.01. The maximum atomic E-state index is 12.1. The molecule has 3 rings (SSSR count). The van der Waals surface area contributed by atoms with Gasteiger partial charge < -0.3 is 15.5 Å². The fraction of sp³-hybridized carbons (Fsp3) is 0.722. The summed E-state index contributed by atoms with van der Waals surface area (Å²) in [6.45, 7) is 3.51. The number of amides is 1. The highest BCUT2D eigenvalue weighted by Gasteiger charge is 2.15. The van der Waals surface area contributed by atoms with Crippen molar-refractivity contribution in [3.05, 3.63) is 17.8 Å². The molecule has 2 heterocycles. The van der Waals surface area contributed by atoms with Crippen LogP contribution in [0.15, 0.2) is 12.1 Å². The van der Waals surface area contributed by atoms with Gasteiger partial charge in [0.2, 0.25) is 0 Å². The summed E-state index contributed by atoms with van der Waals surface area (Å²) in [5.74, 6) is 0.734. The molecule has 2 aliphatic rings. The molecule has 2 fully saturated rings. The van der Waals surface area contributed by atoms with Gasteiger partial charge in [-0.1, -0.05) is 25.7 Å². The van der Waals surface area contributed by atoms with E-state index in [0.717, 1.165) is 25.5 Å². The monoisotopic (exact) mass is 331 g/mol. The summed E-state index contributed by atoms with van der Waals surface area (Å²) in [4.78, 5) is 14.3. The van der Waals surface area contributed by atoms with Gasteiger partial charge in [0.15, 0.2) is 11.5 Å². The first-order chi connectivity index (χ1) is 11.8. The Morgan fingerprint density at radius 1 is 1.00 bits per heavy atom. The smallest absolute Gasteiger partial charge is 0.271 e. The van der Waals surface area contributed by atoms with Gasteiger partial charge in [-0.3, -0.25) is 4.79 Å². The molecule has 132 valence electrons. The zero-order valence-electron chi connectivity index (χ0n) is 14.5. The second-order valence-corrected chi connectivity index (χ2v) is 6.87. The van der Waals surface area contributed by atoms with E-state index in [0.29, 0.717) is 18.3 Å². The van der Waals surface area contributed by atoms with E-state index in [1.807, 2.05) is 6.07 Å². The average molecular weight is 331 g/mol. The minimum atomic E-state index is -0.141. The number of carbonyl (C=O) groups excluding carboxylic acids is 1. The zero-order chi connectivity index (χ0) is 16.6. The van der Waals surface area contributed by atoms with Crippen LogP contribution in [0.3, 0.4) is 0 Å². The van der Waals surface area contributed by atoms with Crippen LogP contribution in [0.5, 0.6) is 0 Å². The first-order valence-corrected chi connectivity index (χ1v) is 9.43. The Morgan fingerprint density at radius 2 is 1.75 bits per heavy atom. The van der Waals surface area contributed by atoms with Gasteiger partial charge in [0.25, 0.3) is 5.91 Å². The predicted molar refractivity (Wildman–Crippen MR) is 95.3 cm³/mol. The molecule has 6 nitrogen and oxygen atoms in total. The van der Waals surface area contributed by atoms with Gasteiger partial charge >= 0.3 is 0 Å². The van der Waals surface area contributed by atoms with Crippen LogP contribution in [0, 0.1) is 0 Å². The molecule has 1 aromatic rings. The number of aromatic nitrogens is 2. The molecule has 1 aliphatic heterocycles. The number of rotatable bonds is 6. The normalized spacial score (nSPS) is 19.2. The molecule has 1 saturated heterocycles. The fourth-order valence-corrected chi connectivity index (χ4v) is 3.59. The number of hydrogen-bond acceptors (Lipinski definition) is 5. The SMILES string of the molecule is O=C(NCCNC1CCCCCC1)c1ccc(N2CCCC2)nn1. The van der Waals surface area contributed by atoms with Crippen LogP contribution in [-0.4, -0.2) is 48.3 Å². The minimum absolute atomic E-state index is 0.141. The molecule has 0 radical (unpaired) electrons. The molecule has 0 bridgehead atoms. The van der Waals surface area contributed by atoms with Crippen LogP contribution in [-0.2, 0) is 0 Å². The van der Waals surface area contributed by atoms with Crippen LogP contribution >= 0.6 is 0 Å². The van der Waals surface area contributed by atoms with Crippen molar-refractivity contribution >= 4 is 11.7 Å². The fourth-order valence-electron chi connectivity index (χ4n) is 3.59. The van der Waals surface area contributed by atoms with Crippen molar-refractivity contribution in [2.24, 2.45) is 0 Å². The van der Waals surface area contributed by atoms with Gasteiger partial charge in [0, 0.05) is 32.2 Å². The summed E-state index contributed by atoms with van der Waals surface area (Å²) in [6, 6.07) is 4.29. The highest BCUT2D eigenvalue weighted by Crippen LogP contribution is 2.17. The Morgan fingerprint density at radius 3 is 2.42 bits per heavy atom. The summed E-state index contributed by atoms with van der Waals surface area (Å²) < 4.78 is 0. The van der Waals surface area contributed by atoms with Crippen molar-refractivity contribution < 1.29 is 4.79 Å². The standard InChI is InChI=1S/C18H29N5O/c24-18(20-12-11-19-15-7-3-1-2-4-8-15)16-9-10-17(22-21-16)23-13-5-6-14-23/h9-10,15,19H,1-8,11-14H2,(H,20,24). The number of carbonyl (C=O) groups is 1. The zero-order valence-corrected chi connectivity index (χ0v) is 14.5. The summed E-state index contributed by atoms with van der Waals surface area (Å²) >= 11 is 0. The average Bonchev–Trinajstić information content (AvgIpc) is 3.03. The number of nitrogens with zero attached hydrogens (tertiary/aromatic N) is 3. The Hall–Kier alpha value is -1.69. The van der Waals surface area contributed by atoms with E-state index in [1.165, 1.54) is 51.4 Å². The van der Waals surface area contributed by atoms with Crippen molar-refractivity contribution in [2.75, 3.05) is 31.1 Å². The van der Waals surface area contributed by atoms with Crippen molar-refractivity contribution in [1.29, 1.82) is 0 Å². The van der Waals surface area contributed by atoms with Crippen LogP contribution in [0.25, 0.3) is 0 Å². The van der Waals surface area contributed by atoms with Gasteiger partial charge in [-0.05, 0) is 37.8 Å². The highest BCUT2D eigenvalue weighted by molar-refractivity contribution is 5.92. The predicted octanol–water partition coefficient (Wildman–Crippen LogP) is 2.12. The van der Waals surface area contributed by atoms with Gasteiger partial charge in [0.05, 0.1) is 0 Å².